The summed E-state index contributed by atoms with van der Waals surface area (Å²) in [4.78, 5) is 0. The smallest absolute Gasteiger partial charge is 0.0920 e. The minimum atomic E-state index is -0.826. The molecule has 0 amide bonds. The SMILES string of the molecule is CCc1ccc2[cH-]c(CC(C)C)cc2c1-c1cc(C(C)C)cc(C(C)C)c1.[Cl][Zr+2][Cl].[c-]1cccc2c1[Si]c1ccccc1-2. The van der Waals surface area contributed by atoms with Crippen LogP contribution >= 0.6 is 17.0 Å². The van der Waals surface area contributed by atoms with Gasteiger partial charge in [0.05, 0.1) is 9.52 Å². The van der Waals surface area contributed by atoms with Crippen molar-refractivity contribution in [2.24, 2.45) is 5.92 Å². The fraction of sp³-hybridized carbons (Fsp3) is 0.308. The summed E-state index contributed by atoms with van der Waals surface area (Å²) in [5.41, 5.74) is 11.4. The first-order valence-corrected chi connectivity index (χ1v) is 22.7. The maximum Gasteiger partial charge on any atom is 0.0920 e. The predicted octanol–water partition coefficient (Wildman–Crippen LogP) is 10.7. The summed E-state index contributed by atoms with van der Waals surface area (Å²) in [6.07, 6.45) is 2.22. The van der Waals surface area contributed by atoms with E-state index in [0.29, 0.717) is 17.8 Å². The quantitative estimate of drug-likeness (QED) is 0.120. The molecule has 1 heterocycles. The molecule has 0 N–H and O–H groups in total. The Labute approximate surface area is 281 Å². The Morgan fingerprint density at radius 2 is 1.47 bits per heavy atom. The average Bonchev–Trinajstić information content (AvgIpc) is 3.57. The van der Waals surface area contributed by atoms with Gasteiger partial charge in [-0.1, -0.05) is 113 Å². The molecule has 5 aromatic rings. The van der Waals surface area contributed by atoms with Crippen molar-refractivity contribution in [3.05, 3.63) is 113 Å². The van der Waals surface area contributed by atoms with Crippen LogP contribution in [0.5, 0.6) is 0 Å². The van der Waals surface area contributed by atoms with Crippen LogP contribution in [0.15, 0.2) is 84.9 Å². The van der Waals surface area contributed by atoms with Crippen molar-refractivity contribution in [3.8, 4) is 22.3 Å². The molecule has 0 saturated heterocycles. The van der Waals surface area contributed by atoms with Gasteiger partial charge in [-0.3, -0.25) is 0 Å². The number of halogens is 2. The van der Waals surface area contributed by atoms with Gasteiger partial charge in [-0.2, -0.15) is 35.5 Å². The van der Waals surface area contributed by atoms with Crippen molar-refractivity contribution in [1.29, 1.82) is 0 Å². The number of aryl methyl sites for hydroxylation is 1. The molecular formula is C39H42Cl2SiZr. The van der Waals surface area contributed by atoms with E-state index < -0.39 is 20.8 Å². The van der Waals surface area contributed by atoms with Crippen molar-refractivity contribution in [2.75, 3.05) is 0 Å². The maximum absolute atomic E-state index is 4.93. The molecule has 5 aromatic carbocycles. The minimum Gasteiger partial charge on any atom is -0.184 e. The van der Waals surface area contributed by atoms with Gasteiger partial charge in [-0.25, -0.2) is 0 Å². The van der Waals surface area contributed by atoms with Gasteiger partial charge in [0, 0.05) is 0 Å². The Morgan fingerprint density at radius 3 is 2.09 bits per heavy atom. The van der Waals surface area contributed by atoms with Crippen LogP contribution in [-0.4, -0.2) is 9.52 Å². The van der Waals surface area contributed by atoms with Gasteiger partial charge < -0.3 is 0 Å². The van der Waals surface area contributed by atoms with E-state index in [1.54, 1.807) is 0 Å². The van der Waals surface area contributed by atoms with Gasteiger partial charge in [-0.05, 0) is 47.3 Å². The molecule has 220 valence electrons. The zero-order valence-corrected chi connectivity index (χ0v) is 31.5. The van der Waals surface area contributed by atoms with Gasteiger partial charge in [0.25, 0.3) is 0 Å². The molecule has 0 aromatic heterocycles. The number of hydrogen-bond donors (Lipinski definition) is 0. The summed E-state index contributed by atoms with van der Waals surface area (Å²) in [7, 11) is 10.7. The van der Waals surface area contributed by atoms with E-state index >= 15 is 0 Å². The summed E-state index contributed by atoms with van der Waals surface area (Å²) in [5.74, 6) is 1.78. The first-order valence-electron chi connectivity index (χ1n) is 15.4. The molecule has 0 nitrogen and oxygen atoms in total. The standard InChI is InChI=1S/C27H35.C12H7Si.2ClH.Zr/c1-8-21-9-10-22-12-20(11-17(2)3)13-26(22)27(21)25-15-23(18(4)5)14-24(16-25)19(6)7;1-3-7-11-9(5-1)10-6-2-4-8-12(10)13-11;;;/h9-10,12-19H,8,11H2,1-7H3;1-7H;2*1H;/q2*-1;;;+4/p-2. The van der Waals surface area contributed by atoms with Crippen LogP contribution in [-0.2, 0) is 33.7 Å². The Morgan fingerprint density at radius 1 is 0.814 bits per heavy atom. The normalized spacial score (nSPS) is 11.5. The maximum atomic E-state index is 4.93. The molecule has 43 heavy (non-hydrogen) atoms. The van der Waals surface area contributed by atoms with Crippen molar-refractivity contribution in [1.82, 2.24) is 0 Å². The van der Waals surface area contributed by atoms with Crippen LogP contribution in [0.4, 0.5) is 0 Å². The van der Waals surface area contributed by atoms with E-state index in [1.165, 1.54) is 65.7 Å². The largest absolute Gasteiger partial charge is 0.184 e. The Kier molecular flexibility index (Phi) is 12.6. The molecule has 1 aliphatic heterocycles. The van der Waals surface area contributed by atoms with Crippen molar-refractivity contribution in [2.45, 2.75) is 73.1 Å². The van der Waals surface area contributed by atoms with E-state index in [4.69, 9.17) is 17.0 Å². The summed E-state index contributed by atoms with van der Waals surface area (Å²) in [5, 5.41) is 5.64. The van der Waals surface area contributed by atoms with Crippen LogP contribution in [0.25, 0.3) is 33.0 Å². The van der Waals surface area contributed by atoms with Crippen LogP contribution in [0, 0.1) is 12.0 Å². The summed E-state index contributed by atoms with van der Waals surface area (Å²) < 4.78 is 0. The van der Waals surface area contributed by atoms with E-state index in [2.05, 4.69) is 133 Å². The molecule has 4 heteroatoms. The number of benzene rings is 4. The van der Waals surface area contributed by atoms with Crippen LogP contribution < -0.4 is 10.4 Å². The van der Waals surface area contributed by atoms with Crippen LogP contribution in [0.3, 0.4) is 0 Å². The molecule has 0 spiro atoms. The third-order valence-corrected chi connectivity index (χ3v) is 9.36. The molecule has 0 unspecified atom stereocenters. The zero-order valence-electron chi connectivity index (χ0n) is 26.5. The summed E-state index contributed by atoms with van der Waals surface area (Å²) >= 11 is -0.826. The third-order valence-electron chi connectivity index (χ3n) is 7.99. The van der Waals surface area contributed by atoms with Crippen molar-refractivity contribution >= 4 is 47.7 Å². The second-order valence-electron chi connectivity index (χ2n) is 12.3. The zero-order chi connectivity index (χ0) is 31.1. The fourth-order valence-corrected chi connectivity index (χ4v) is 7.14. The van der Waals surface area contributed by atoms with E-state index in [9.17, 15) is 0 Å². The van der Waals surface area contributed by atoms with Gasteiger partial charge in [-0.15, -0.1) is 40.1 Å². The van der Waals surface area contributed by atoms with Crippen molar-refractivity contribution in [3.63, 3.8) is 0 Å². The van der Waals surface area contributed by atoms with Gasteiger partial charge in [0.15, 0.2) is 0 Å². The third kappa shape index (κ3) is 8.46. The van der Waals surface area contributed by atoms with Crippen LogP contribution in [0.1, 0.15) is 82.6 Å². The molecule has 6 rings (SSSR count). The fourth-order valence-electron chi connectivity index (χ4n) is 5.83. The minimum absolute atomic E-state index is 0.544. The topological polar surface area (TPSA) is 0 Å². The van der Waals surface area contributed by atoms with Gasteiger partial charge in [0.1, 0.15) is 0 Å². The molecular weight excluding hydrogens is 659 g/mol. The molecule has 0 fully saturated rings. The first kappa shape index (κ1) is 34.1. The molecule has 0 bridgehead atoms. The number of rotatable bonds is 6. The number of hydrogen-bond acceptors (Lipinski definition) is 0. The second kappa shape index (κ2) is 15.9. The average molecular weight is 701 g/mol. The predicted molar refractivity (Wildman–Crippen MR) is 189 cm³/mol. The van der Waals surface area contributed by atoms with Gasteiger partial charge in [0.2, 0.25) is 0 Å². The van der Waals surface area contributed by atoms with E-state index in [0.717, 1.165) is 22.4 Å². The molecule has 0 saturated carbocycles. The Balaban J connectivity index is 0.000000217. The monoisotopic (exact) mass is 698 g/mol. The van der Waals surface area contributed by atoms with Crippen LogP contribution in [0.2, 0.25) is 0 Å². The Bertz CT molecular complexity index is 1580. The number of fused-ring (bicyclic) bond motifs is 4. The first-order chi connectivity index (χ1) is 20.7. The van der Waals surface area contributed by atoms with E-state index in [-0.39, 0.29) is 0 Å². The van der Waals surface area contributed by atoms with Crippen molar-refractivity contribution < 1.29 is 20.8 Å². The van der Waals surface area contributed by atoms with Gasteiger partial charge >= 0.3 is 37.9 Å². The molecule has 0 aliphatic carbocycles. The molecule has 0 atom stereocenters. The summed E-state index contributed by atoms with van der Waals surface area (Å²) in [6, 6.07) is 34.9. The Hall–Kier alpha value is -1.83. The second-order valence-corrected chi connectivity index (χ2v) is 17.3. The summed E-state index contributed by atoms with van der Waals surface area (Å²) in [6.45, 7) is 16.1. The van der Waals surface area contributed by atoms with E-state index in [1.807, 2.05) is 6.07 Å². The molecule has 1 aliphatic rings. The molecule has 2 radical (unpaired) electrons.